The molecule has 1 aromatic carbocycles. The Morgan fingerprint density at radius 1 is 1.18 bits per heavy atom. The molecule has 45 heavy (non-hydrogen) atoms. The van der Waals surface area contributed by atoms with Crippen LogP contribution in [0.1, 0.15) is 34.7 Å². The predicted octanol–water partition coefficient (Wildman–Crippen LogP) is 1.43. The topological polar surface area (TPSA) is 234 Å². The van der Waals surface area contributed by atoms with Crippen LogP contribution in [-0.4, -0.2) is 90.1 Å². The zero-order valence-electron chi connectivity index (χ0n) is 25.1. The molecule has 0 unspecified atom stereocenters. The third-order valence-electron chi connectivity index (χ3n) is 7.05. The molecule has 1 saturated heterocycles. The molecule has 240 valence electrons. The van der Waals surface area contributed by atoms with Gasteiger partial charge in [0, 0.05) is 56.6 Å². The van der Waals surface area contributed by atoms with Crippen LogP contribution in [0.25, 0.3) is 5.57 Å². The highest BCUT2D eigenvalue weighted by molar-refractivity contribution is 6.00. The first-order chi connectivity index (χ1) is 21.8. The minimum absolute atomic E-state index is 0.126. The average Bonchev–Trinajstić information content (AvgIpc) is 3.07. The summed E-state index contributed by atoms with van der Waals surface area (Å²) >= 11 is 0. The van der Waals surface area contributed by atoms with E-state index < -0.39 is 11.9 Å². The number of primary amides is 1. The molecule has 1 fully saturated rings. The number of aromatic nitrogens is 3. The van der Waals surface area contributed by atoms with Gasteiger partial charge in [-0.2, -0.15) is 0 Å². The molecular formula is C30H39N9O6. The van der Waals surface area contributed by atoms with Crippen LogP contribution in [0.5, 0.6) is 11.5 Å². The molecular weight excluding hydrogens is 582 g/mol. The summed E-state index contributed by atoms with van der Waals surface area (Å²) in [7, 11) is 1.56. The molecule has 4 heterocycles. The SMILES string of the molecule is C=O.COc1cc2c(cc1Nc1cc(/C(=C/N)c3ncccn3)ncc1C(N)=O)OCCN2.NCCN1CCC(C(=O)O)CC1. The Labute approximate surface area is 260 Å². The summed E-state index contributed by atoms with van der Waals surface area (Å²) in [6.07, 6.45) is 7.51. The van der Waals surface area contributed by atoms with E-state index in [-0.39, 0.29) is 11.5 Å². The van der Waals surface area contributed by atoms with Crippen molar-refractivity contribution in [3.63, 3.8) is 0 Å². The van der Waals surface area contributed by atoms with E-state index in [0.29, 0.717) is 59.7 Å². The van der Waals surface area contributed by atoms with Crippen LogP contribution in [0.2, 0.25) is 0 Å². The minimum Gasteiger partial charge on any atom is -0.494 e. The fraction of sp³-hybridized carbons (Fsp3) is 0.333. The van der Waals surface area contributed by atoms with Crippen LogP contribution in [0.15, 0.2) is 49.1 Å². The second kappa shape index (κ2) is 17.1. The Hall–Kier alpha value is -5.28. The Morgan fingerprint density at radius 3 is 2.49 bits per heavy atom. The molecule has 2 aliphatic rings. The van der Waals surface area contributed by atoms with Gasteiger partial charge in [0.15, 0.2) is 5.82 Å². The van der Waals surface area contributed by atoms with Gasteiger partial charge in [0.05, 0.1) is 46.9 Å². The van der Waals surface area contributed by atoms with Crippen LogP contribution >= 0.6 is 0 Å². The fourth-order valence-electron chi connectivity index (χ4n) is 4.78. The molecule has 0 atom stereocenters. The van der Waals surface area contributed by atoms with Crippen LogP contribution in [0, 0.1) is 5.92 Å². The van der Waals surface area contributed by atoms with Gasteiger partial charge in [-0.05, 0) is 38.1 Å². The zero-order valence-corrected chi connectivity index (χ0v) is 25.1. The lowest BCUT2D eigenvalue weighted by Gasteiger charge is -2.29. The van der Waals surface area contributed by atoms with E-state index in [1.165, 1.54) is 12.4 Å². The van der Waals surface area contributed by atoms with E-state index in [9.17, 15) is 9.59 Å². The van der Waals surface area contributed by atoms with Crippen molar-refractivity contribution in [3.8, 4) is 11.5 Å². The maximum Gasteiger partial charge on any atom is 0.306 e. The number of piperidine rings is 1. The maximum absolute atomic E-state index is 12.0. The van der Waals surface area contributed by atoms with Crippen molar-refractivity contribution in [2.75, 3.05) is 57.1 Å². The number of anilines is 3. The number of amides is 1. The molecule has 15 nitrogen and oxygen atoms in total. The zero-order chi connectivity index (χ0) is 32.8. The smallest absolute Gasteiger partial charge is 0.306 e. The lowest BCUT2D eigenvalue weighted by atomic mass is 9.97. The first-order valence-corrected chi connectivity index (χ1v) is 14.1. The van der Waals surface area contributed by atoms with Crippen molar-refractivity contribution < 1.29 is 29.0 Å². The van der Waals surface area contributed by atoms with Gasteiger partial charge in [0.2, 0.25) is 0 Å². The third kappa shape index (κ3) is 9.11. The lowest BCUT2D eigenvalue weighted by Crippen LogP contribution is -2.38. The number of carboxylic acid groups (broad SMARTS) is 1. The van der Waals surface area contributed by atoms with E-state index in [0.717, 1.165) is 38.2 Å². The first-order valence-electron chi connectivity index (χ1n) is 14.1. The van der Waals surface area contributed by atoms with Crippen LogP contribution in [0.4, 0.5) is 17.1 Å². The predicted molar refractivity (Wildman–Crippen MR) is 169 cm³/mol. The van der Waals surface area contributed by atoms with Crippen molar-refractivity contribution in [1.29, 1.82) is 0 Å². The number of carbonyl (C=O) groups is 3. The van der Waals surface area contributed by atoms with Gasteiger partial charge in [0.25, 0.3) is 5.91 Å². The summed E-state index contributed by atoms with van der Waals surface area (Å²) in [4.78, 5) is 45.6. The van der Waals surface area contributed by atoms with Crippen molar-refractivity contribution in [3.05, 3.63) is 66.1 Å². The summed E-state index contributed by atoms with van der Waals surface area (Å²) in [5.74, 6) is 0.226. The largest absolute Gasteiger partial charge is 0.494 e. The van der Waals surface area contributed by atoms with Gasteiger partial charge in [-0.3, -0.25) is 14.6 Å². The highest BCUT2D eigenvalue weighted by atomic mass is 16.5. The summed E-state index contributed by atoms with van der Waals surface area (Å²) in [6, 6.07) is 6.98. The normalized spacial score (nSPS) is 14.6. The van der Waals surface area contributed by atoms with E-state index in [4.69, 9.17) is 36.6 Å². The van der Waals surface area contributed by atoms with Gasteiger partial charge in [-0.25, -0.2) is 9.97 Å². The number of hydrogen-bond donors (Lipinski definition) is 6. The van der Waals surface area contributed by atoms with E-state index in [2.05, 4.69) is 30.5 Å². The molecule has 2 aliphatic heterocycles. The Balaban J connectivity index is 0.000000331. The van der Waals surface area contributed by atoms with Gasteiger partial charge in [0.1, 0.15) is 24.9 Å². The average molecular weight is 622 g/mol. The Bertz CT molecular complexity index is 1460. The number of benzene rings is 1. The number of rotatable bonds is 9. The number of pyridine rings is 1. The quantitative estimate of drug-likeness (QED) is 0.198. The molecule has 0 spiro atoms. The second-order valence-corrected chi connectivity index (χ2v) is 9.82. The molecule has 0 aliphatic carbocycles. The molecule has 2 aromatic heterocycles. The number of methoxy groups -OCH3 is 1. The number of fused-ring (bicyclic) bond motifs is 1. The summed E-state index contributed by atoms with van der Waals surface area (Å²) in [5.41, 5.74) is 19.8. The highest BCUT2D eigenvalue weighted by Crippen LogP contribution is 2.39. The number of aliphatic carboxylic acids is 1. The second-order valence-electron chi connectivity index (χ2n) is 9.82. The molecule has 15 heteroatoms. The van der Waals surface area contributed by atoms with E-state index in [1.807, 2.05) is 12.9 Å². The van der Waals surface area contributed by atoms with Gasteiger partial charge in [-0.15, -0.1) is 0 Å². The molecule has 1 amide bonds. The Morgan fingerprint density at radius 2 is 1.89 bits per heavy atom. The summed E-state index contributed by atoms with van der Waals surface area (Å²) < 4.78 is 11.2. The number of carboxylic acids is 1. The number of hydrogen-bond acceptors (Lipinski definition) is 13. The van der Waals surface area contributed by atoms with Crippen molar-refractivity contribution in [2.24, 2.45) is 23.1 Å². The van der Waals surface area contributed by atoms with Gasteiger partial charge < -0.3 is 52.1 Å². The van der Waals surface area contributed by atoms with Crippen molar-refractivity contribution in [1.82, 2.24) is 19.9 Å². The fourth-order valence-corrected chi connectivity index (χ4v) is 4.78. The minimum atomic E-state index is -0.651. The molecule has 0 radical (unpaired) electrons. The molecule has 9 N–H and O–H groups in total. The lowest BCUT2D eigenvalue weighted by molar-refractivity contribution is -0.143. The van der Waals surface area contributed by atoms with Crippen LogP contribution in [-0.2, 0) is 9.59 Å². The van der Waals surface area contributed by atoms with Gasteiger partial charge in [-0.1, -0.05) is 0 Å². The van der Waals surface area contributed by atoms with Crippen LogP contribution < -0.4 is 37.3 Å². The molecule has 0 saturated carbocycles. The van der Waals surface area contributed by atoms with Crippen LogP contribution in [0.3, 0.4) is 0 Å². The van der Waals surface area contributed by atoms with Crippen molar-refractivity contribution >= 4 is 41.3 Å². The van der Waals surface area contributed by atoms with Gasteiger partial charge >= 0.3 is 5.97 Å². The number of nitrogens with two attached hydrogens (primary N) is 3. The number of nitrogens with zero attached hydrogens (tertiary/aromatic N) is 4. The molecule has 0 bridgehead atoms. The standard InChI is InChI=1S/C21H21N7O3.C8H16N2O2.CH2O/c1-30-18-8-16-19(31-6-5-24-16)9-17(18)28-15-7-14(27-11-13(15)20(23)29)12(10-22)21-25-3-2-4-26-21;9-3-6-10-4-1-7(2-5-10)8(11)12;1-2/h2-4,7-11,24H,5-6,22H2,1H3,(H2,23,29)(H,27,28);7H,1-6,9H2,(H,11,12);1H2/b12-10-;;. The summed E-state index contributed by atoms with van der Waals surface area (Å²) in [5, 5.41) is 15.2. The molecule has 3 aromatic rings. The number of carbonyl (C=O) groups excluding carboxylic acids is 2. The third-order valence-corrected chi connectivity index (χ3v) is 7.05. The monoisotopic (exact) mass is 621 g/mol. The molecule has 5 rings (SSSR count). The van der Waals surface area contributed by atoms with E-state index in [1.54, 1.807) is 37.7 Å². The maximum atomic E-state index is 12.0. The van der Waals surface area contributed by atoms with Crippen molar-refractivity contribution in [2.45, 2.75) is 12.8 Å². The summed E-state index contributed by atoms with van der Waals surface area (Å²) in [6.45, 7) is 6.58. The number of nitrogens with one attached hydrogen (secondary N) is 2. The highest BCUT2D eigenvalue weighted by Gasteiger charge is 2.23. The number of likely N-dealkylation sites (tertiary alicyclic amines) is 1. The Kier molecular flexibility index (Phi) is 13.0. The first kappa shape index (κ1) is 34.2. The van der Waals surface area contributed by atoms with E-state index >= 15 is 0 Å². The number of ether oxygens (including phenoxy) is 2.